The van der Waals surface area contributed by atoms with Crippen molar-refractivity contribution in [3.05, 3.63) is 71.5 Å². The monoisotopic (exact) mass is 719 g/mol. The number of aliphatic hydroxyl groups is 2. The Kier molecular flexibility index (Phi) is 12.0. The van der Waals surface area contributed by atoms with E-state index in [9.17, 15) is 46.6 Å². The summed E-state index contributed by atoms with van der Waals surface area (Å²) in [5.74, 6) is -2.03. The number of alkyl halides is 6. The number of hydrogen-bond donors (Lipinski definition) is 2. The Morgan fingerprint density at radius 3 is 2.45 bits per heavy atom. The number of unbranched alkanes of at least 4 members (excludes halogenated alkanes) is 1. The van der Waals surface area contributed by atoms with Crippen molar-refractivity contribution in [1.29, 1.82) is 5.26 Å². The van der Waals surface area contributed by atoms with Crippen LogP contribution in [-0.4, -0.2) is 82.0 Å². The zero-order valence-electron chi connectivity index (χ0n) is 27.3. The Balaban J connectivity index is 1.22. The minimum absolute atomic E-state index is 0.0339. The molecule has 0 aliphatic heterocycles. The van der Waals surface area contributed by atoms with Gasteiger partial charge in [0, 0.05) is 53.8 Å². The van der Waals surface area contributed by atoms with Crippen molar-refractivity contribution in [3.8, 4) is 11.8 Å². The second-order valence-electron chi connectivity index (χ2n) is 12.1. The van der Waals surface area contributed by atoms with Crippen LogP contribution < -0.4 is 9.64 Å². The molecule has 0 radical (unpaired) electrons. The maximum Gasteiger partial charge on any atom is 0.471 e. The van der Waals surface area contributed by atoms with Crippen molar-refractivity contribution < 1.29 is 50.8 Å². The lowest BCUT2D eigenvalue weighted by molar-refractivity contribution is -0.252. The fourth-order valence-corrected chi connectivity index (χ4v) is 5.71. The Bertz CT molecular complexity index is 1880. The minimum atomic E-state index is -5.25. The predicted octanol–water partition coefficient (Wildman–Crippen LogP) is 6.15. The molecule has 4 aromatic rings. The fraction of sp³-hybridized carbons (Fsp3) is 0.429. The molecule has 5 rings (SSSR count). The number of halogens is 6. The molecule has 51 heavy (non-hydrogen) atoms. The summed E-state index contributed by atoms with van der Waals surface area (Å²) in [6, 6.07) is 12.6. The minimum Gasteiger partial charge on any atom is -0.490 e. The number of aromatic nitrogens is 2. The second-order valence-corrected chi connectivity index (χ2v) is 12.1. The molecule has 0 spiro atoms. The molecular weight excluding hydrogens is 684 g/mol. The van der Waals surface area contributed by atoms with E-state index in [1.54, 1.807) is 18.2 Å². The zero-order valence-corrected chi connectivity index (χ0v) is 27.3. The molecule has 1 atom stereocenters. The van der Waals surface area contributed by atoms with Crippen molar-refractivity contribution in [2.75, 3.05) is 31.2 Å². The molecular formula is C35H35F6N5O5. The highest BCUT2D eigenvalue weighted by Gasteiger charge is 2.44. The standard InChI is InChI=1S/C35H35F6N5O5/c36-34(37,38)32(48)45(20-23-7-9-30(24(16-23)21-47)51-25-4-3-5-25)12-1-2-14-50-15-13-46(33(49)35(39,40)41)31-27-10-11-43-19-28(27)26-8-6-22(18-42)17-29(26)44-31/h6-11,16-17,19,25,32,47-48H,1-5,12-15,20-21H2. The summed E-state index contributed by atoms with van der Waals surface area (Å²) < 4.78 is 93.3. The third-order valence-corrected chi connectivity index (χ3v) is 8.56. The number of amides is 1. The van der Waals surface area contributed by atoms with Gasteiger partial charge in [-0.1, -0.05) is 12.1 Å². The lowest BCUT2D eigenvalue weighted by Gasteiger charge is -2.30. The molecule has 272 valence electrons. The number of nitrogens with zero attached hydrogens (tertiary/aromatic N) is 5. The SMILES string of the molecule is N#Cc1ccc2c(c1)nc(N(CCOCCCCN(Cc1ccc(OC3CCC3)c(CO)c1)C(O)C(F)(F)F)C(=O)C(F)(F)F)c1ccncc12. The highest BCUT2D eigenvalue weighted by Crippen LogP contribution is 2.34. The van der Waals surface area contributed by atoms with E-state index in [0.717, 1.165) is 24.2 Å². The number of hydrogen-bond acceptors (Lipinski definition) is 9. The van der Waals surface area contributed by atoms with Gasteiger partial charge in [-0.15, -0.1) is 0 Å². The smallest absolute Gasteiger partial charge is 0.471 e. The summed E-state index contributed by atoms with van der Waals surface area (Å²) in [7, 11) is 0. The van der Waals surface area contributed by atoms with Gasteiger partial charge in [0.1, 0.15) is 11.6 Å². The van der Waals surface area contributed by atoms with Crippen LogP contribution in [-0.2, 0) is 22.7 Å². The van der Waals surface area contributed by atoms with E-state index in [0.29, 0.717) is 32.5 Å². The molecule has 0 bridgehead atoms. The summed E-state index contributed by atoms with van der Waals surface area (Å²) in [5, 5.41) is 30.4. The van der Waals surface area contributed by atoms with E-state index in [2.05, 4.69) is 9.97 Å². The first-order valence-corrected chi connectivity index (χ1v) is 16.2. The molecule has 1 unspecified atom stereocenters. The van der Waals surface area contributed by atoms with E-state index in [1.807, 2.05) is 6.07 Å². The molecule has 1 amide bonds. The molecule has 1 saturated carbocycles. The van der Waals surface area contributed by atoms with Gasteiger partial charge < -0.3 is 19.7 Å². The van der Waals surface area contributed by atoms with Crippen molar-refractivity contribution in [2.24, 2.45) is 0 Å². The Morgan fingerprint density at radius 2 is 1.78 bits per heavy atom. The Labute approximate surface area is 288 Å². The molecule has 16 heteroatoms. The number of pyridine rings is 2. The average molecular weight is 720 g/mol. The molecule has 1 aliphatic carbocycles. The molecule has 2 aromatic heterocycles. The summed E-state index contributed by atoms with van der Waals surface area (Å²) in [6.45, 7) is -1.85. The molecule has 0 saturated heterocycles. The van der Waals surface area contributed by atoms with Gasteiger partial charge in [-0.3, -0.25) is 19.6 Å². The van der Waals surface area contributed by atoms with Crippen molar-refractivity contribution in [1.82, 2.24) is 14.9 Å². The van der Waals surface area contributed by atoms with Gasteiger partial charge in [-0.05, 0) is 68.0 Å². The second kappa shape index (κ2) is 16.2. The number of aliphatic hydroxyl groups excluding tert-OH is 2. The summed E-state index contributed by atoms with van der Waals surface area (Å²) >= 11 is 0. The normalized spacial score (nSPS) is 14.4. The molecule has 2 heterocycles. The first-order valence-electron chi connectivity index (χ1n) is 16.2. The quantitative estimate of drug-likeness (QED) is 0.0643. The summed E-state index contributed by atoms with van der Waals surface area (Å²) in [6.07, 6.45) is -7.05. The van der Waals surface area contributed by atoms with Gasteiger partial charge in [0.05, 0.1) is 43.0 Å². The Hall–Kier alpha value is -4.56. The third-order valence-electron chi connectivity index (χ3n) is 8.56. The maximum atomic E-state index is 13.8. The van der Waals surface area contributed by atoms with Gasteiger partial charge in [-0.25, -0.2) is 4.98 Å². The van der Waals surface area contributed by atoms with E-state index >= 15 is 0 Å². The van der Waals surface area contributed by atoms with E-state index in [4.69, 9.17) is 9.47 Å². The van der Waals surface area contributed by atoms with Gasteiger partial charge in [0.2, 0.25) is 6.23 Å². The van der Waals surface area contributed by atoms with Crippen molar-refractivity contribution in [2.45, 2.75) is 69.9 Å². The maximum absolute atomic E-state index is 13.8. The Morgan fingerprint density at radius 1 is 1.00 bits per heavy atom. The van der Waals surface area contributed by atoms with Crippen molar-refractivity contribution >= 4 is 33.4 Å². The lowest BCUT2D eigenvalue weighted by atomic mass is 9.96. The average Bonchev–Trinajstić information content (AvgIpc) is 3.08. The molecule has 1 fully saturated rings. The number of fused-ring (bicyclic) bond motifs is 3. The third kappa shape index (κ3) is 9.22. The van der Waals surface area contributed by atoms with E-state index in [-0.39, 0.29) is 74.1 Å². The van der Waals surface area contributed by atoms with Crippen LogP contribution in [0.1, 0.15) is 48.8 Å². The molecule has 2 N–H and O–H groups in total. The molecule has 2 aromatic carbocycles. The number of carbonyl (C=O) groups excluding carboxylic acids is 1. The van der Waals surface area contributed by atoms with Gasteiger partial charge >= 0.3 is 18.3 Å². The van der Waals surface area contributed by atoms with Crippen LogP contribution in [0, 0.1) is 11.3 Å². The number of benzene rings is 2. The predicted molar refractivity (Wildman–Crippen MR) is 173 cm³/mol. The largest absolute Gasteiger partial charge is 0.490 e. The summed E-state index contributed by atoms with van der Waals surface area (Å²) in [4.78, 5) is 22.3. The topological polar surface area (TPSA) is 132 Å². The number of nitriles is 1. The highest BCUT2D eigenvalue weighted by atomic mass is 19.4. The highest BCUT2D eigenvalue weighted by molar-refractivity contribution is 6.13. The zero-order chi connectivity index (χ0) is 36.8. The number of carbonyl (C=O) groups is 1. The number of ether oxygens (including phenoxy) is 2. The van der Waals surface area contributed by atoms with E-state index in [1.165, 1.54) is 36.7 Å². The van der Waals surface area contributed by atoms with Crippen LogP contribution in [0.4, 0.5) is 32.2 Å². The van der Waals surface area contributed by atoms with Crippen LogP contribution in [0.25, 0.3) is 21.7 Å². The number of rotatable bonds is 15. The van der Waals surface area contributed by atoms with Crippen LogP contribution in [0.3, 0.4) is 0 Å². The molecule has 10 nitrogen and oxygen atoms in total. The molecule has 1 aliphatic rings. The van der Waals surface area contributed by atoms with Gasteiger partial charge in [0.25, 0.3) is 0 Å². The van der Waals surface area contributed by atoms with Crippen LogP contribution in [0.15, 0.2) is 54.9 Å². The van der Waals surface area contributed by atoms with Crippen LogP contribution in [0.2, 0.25) is 0 Å². The fourth-order valence-electron chi connectivity index (χ4n) is 5.71. The summed E-state index contributed by atoms with van der Waals surface area (Å²) in [5.41, 5.74) is 1.23. The van der Waals surface area contributed by atoms with Crippen LogP contribution >= 0.6 is 0 Å². The first kappa shape index (κ1) is 37.7. The number of anilines is 1. The van der Waals surface area contributed by atoms with Crippen LogP contribution in [0.5, 0.6) is 5.75 Å². The van der Waals surface area contributed by atoms with Crippen molar-refractivity contribution in [3.63, 3.8) is 0 Å². The van der Waals surface area contributed by atoms with E-state index < -0.39 is 31.0 Å². The lowest BCUT2D eigenvalue weighted by Crippen LogP contribution is -2.45. The van der Waals surface area contributed by atoms with Gasteiger partial charge in [0.15, 0.2) is 0 Å². The first-order chi connectivity index (χ1) is 24.3. The van der Waals surface area contributed by atoms with Gasteiger partial charge in [-0.2, -0.15) is 31.6 Å².